The zero-order chi connectivity index (χ0) is 10.2. The summed E-state index contributed by atoms with van der Waals surface area (Å²) < 4.78 is 4.96. The second-order valence-corrected chi connectivity index (χ2v) is 3.38. The SMILES string of the molecule is O=CNCCCNC(=O)CC1COC1. The van der Waals surface area contributed by atoms with Crippen LogP contribution in [0.3, 0.4) is 0 Å². The van der Waals surface area contributed by atoms with Crippen molar-refractivity contribution in [1.82, 2.24) is 10.6 Å². The Kier molecular flexibility index (Phi) is 4.99. The average Bonchev–Trinajstić information content (AvgIpc) is 2.11. The van der Waals surface area contributed by atoms with Crippen LogP contribution in [0.1, 0.15) is 12.8 Å². The second-order valence-electron chi connectivity index (χ2n) is 3.38. The molecule has 1 fully saturated rings. The number of carbonyl (C=O) groups excluding carboxylic acids is 2. The maximum absolute atomic E-state index is 11.2. The predicted octanol–water partition coefficient (Wildman–Crippen LogP) is -0.725. The average molecular weight is 200 g/mol. The molecule has 0 aromatic carbocycles. The maximum Gasteiger partial charge on any atom is 0.220 e. The topological polar surface area (TPSA) is 67.4 Å². The number of rotatable bonds is 7. The molecule has 1 rings (SSSR count). The molecule has 5 heteroatoms. The van der Waals surface area contributed by atoms with Crippen molar-refractivity contribution >= 4 is 12.3 Å². The van der Waals surface area contributed by atoms with Crippen LogP contribution in [0, 0.1) is 5.92 Å². The van der Waals surface area contributed by atoms with Crippen LogP contribution in [0.2, 0.25) is 0 Å². The Hall–Kier alpha value is -1.10. The molecule has 0 radical (unpaired) electrons. The van der Waals surface area contributed by atoms with E-state index >= 15 is 0 Å². The molecule has 0 saturated carbocycles. The Balaban J connectivity index is 1.89. The molecule has 1 aliphatic rings. The summed E-state index contributed by atoms with van der Waals surface area (Å²) in [5.74, 6) is 0.479. The number of ether oxygens (including phenoxy) is 1. The van der Waals surface area contributed by atoms with Gasteiger partial charge in [-0.1, -0.05) is 0 Å². The van der Waals surface area contributed by atoms with Crippen LogP contribution in [0.15, 0.2) is 0 Å². The van der Waals surface area contributed by atoms with E-state index in [-0.39, 0.29) is 5.91 Å². The highest BCUT2D eigenvalue weighted by Gasteiger charge is 2.21. The van der Waals surface area contributed by atoms with E-state index in [2.05, 4.69) is 10.6 Å². The van der Waals surface area contributed by atoms with Crippen LogP contribution < -0.4 is 10.6 Å². The Bertz CT molecular complexity index is 192. The van der Waals surface area contributed by atoms with Gasteiger partial charge >= 0.3 is 0 Å². The molecule has 0 unspecified atom stereocenters. The number of carbonyl (C=O) groups is 2. The molecule has 0 atom stereocenters. The lowest BCUT2D eigenvalue weighted by molar-refractivity contribution is -0.126. The lowest BCUT2D eigenvalue weighted by atomic mass is 10.0. The van der Waals surface area contributed by atoms with Gasteiger partial charge in [-0.2, -0.15) is 0 Å². The summed E-state index contributed by atoms with van der Waals surface area (Å²) in [7, 11) is 0. The van der Waals surface area contributed by atoms with Gasteiger partial charge in [0.05, 0.1) is 13.2 Å². The molecule has 0 aliphatic carbocycles. The number of hydrogen-bond acceptors (Lipinski definition) is 3. The first-order valence-corrected chi connectivity index (χ1v) is 4.84. The van der Waals surface area contributed by atoms with Gasteiger partial charge < -0.3 is 15.4 Å². The lowest BCUT2D eigenvalue weighted by Gasteiger charge is -2.25. The minimum Gasteiger partial charge on any atom is -0.381 e. The Morgan fingerprint density at radius 2 is 2.21 bits per heavy atom. The van der Waals surface area contributed by atoms with E-state index in [1.165, 1.54) is 0 Å². The summed E-state index contributed by atoms with van der Waals surface area (Å²) in [6.45, 7) is 2.64. The molecule has 14 heavy (non-hydrogen) atoms. The normalized spacial score (nSPS) is 15.7. The molecular formula is C9H16N2O3. The van der Waals surface area contributed by atoms with Crippen molar-refractivity contribution in [2.45, 2.75) is 12.8 Å². The molecule has 0 bridgehead atoms. The van der Waals surface area contributed by atoms with E-state index in [1.54, 1.807) is 0 Å². The highest BCUT2D eigenvalue weighted by atomic mass is 16.5. The molecule has 80 valence electrons. The molecule has 0 aromatic heterocycles. The summed E-state index contributed by atoms with van der Waals surface area (Å²) in [6.07, 6.45) is 1.99. The third-order valence-electron chi connectivity index (χ3n) is 2.08. The summed E-state index contributed by atoms with van der Waals surface area (Å²) in [5.41, 5.74) is 0. The fourth-order valence-electron chi connectivity index (χ4n) is 1.21. The van der Waals surface area contributed by atoms with E-state index in [1.807, 2.05) is 0 Å². The van der Waals surface area contributed by atoms with Gasteiger partial charge in [0.1, 0.15) is 0 Å². The zero-order valence-corrected chi connectivity index (χ0v) is 8.12. The molecule has 2 amide bonds. The van der Waals surface area contributed by atoms with Gasteiger partial charge in [0, 0.05) is 25.4 Å². The van der Waals surface area contributed by atoms with E-state index in [0.717, 1.165) is 6.42 Å². The monoisotopic (exact) mass is 200 g/mol. The summed E-state index contributed by atoms with van der Waals surface area (Å²) >= 11 is 0. The minimum atomic E-state index is 0.0735. The van der Waals surface area contributed by atoms with E-state index in [4.69, 9.17) is 4.74 Å². The smallest absolute Gasteiger partial charge is 0.220 e. The highest BCUT2D eigenvalue weighted by Crippen LogP contribution is 2.13. The second kappa shape index (κ2) is 6.37. The van der Waals surface area contributed by atoms with Gasteiger partial charge in [-0.25, -0.2) is 0 Å². The zero-order valence-electron chi connectivity index (χ0n) is 8.12. The summed E-state index contributed by atoms with van der Waals surface area (Å²) in [5, 5.41) is 5.32. The molecule has 2 N–H and O–H groups in total. The minimum absolute atomic E-state index is 0.0735. The van der Waals surface area contributed by atoms with Crippen LogP contribution >= 0.6 is 0 Å². The fraction of sp³-hybridized carbons (Fsp3) is 0.778. The van der Waals surface area contributed by atoms with E-state index in [0.29, 0.717) is 45.1 Å². The van der Waals surface area contributed by atoms with Gasteiger partial charge in [0.25, 0.3) is 0 Å². The van der Waals surface area contributed by atoms with Crippen molar-refractivity contribution in [3.05, 3.63) is 0 Å². The lowest BCUT2D eigenvalue weighted by Crippen LogP contribution is -2.35. The van der Waals surface area contributed by atoms with Crippen LogP contribution in [0.4, 0.5) is 0 Å². The first-order chi connectivity index (χ1) is 6.83. The molecule has 5 nitrogen and oxygen atoms in total. The highest BCUT2D eigenvalue weighted by molar-refractivity contribution is 5.76. The first-order valence-electron chi connectivity index (χ1n) is 4.84. The Morgan fingerprint density at radius 3 is 2.79 bits per heavy atom. The quantitative estimate of drug-likeness (QED) is 0.421. The summed E-state index contributed by atoms with van der Waals surface area (Å²) in [6, 6.07) is 0. The first kappa shape index (κ1) is 11.0. The van der Waals surface area contributed by atoms with Crippen molar-refractivity contribution in [2.75, 3.05) is 26.3 Å². The molecule has 1 aliphatic heterocycles. The van der Waals surface area contributed by atoms with E-state index < -0.39 is 0 Å². The van der Waals surface area contributed by atoms with Crippen molar-refractivity contribution in [2.24, 2.45) is 5.92 Å². The third kappa shape index (κ3) is 4.23. The number of hydrogen-bond donors (Lipinski definition) is 2. The molecule has 1 saturated heterocycles. The molecular weight excluding hydrogens is 184 g/mol. The van der Waals surface area contributed by atoms with Crippen molar-refractivity contribution < 1.29 is 14.3 Å². The predicted molar refractivity (Wildman–Crippen MR) is 50.6 cm³/mol. The van der Waals surface area contributed by atoms with Crippen LogP contribution in [0.25, 0.3) is 0 Å². The van der Waals surface area contributed by atoms with Crippen LogP contribution in [-0.2, 0) is 14.3 Å². The van der Waals surface area contributed by atoms with Crippen LogP contribution in [-0.4, -0.2) is 38.6 Å². The summed E-state index contributed by atoms with van der Waals surface area (Å²) in [4.78, 5) is 21.1. The fourth-order valence-corrected chi connectivity index (χ4v) is 1.21. The van der Waals surface area contributed by atoms with E-state index in [9.17, 15) is 9.59 Å². The van der Waals surface area contributed by atoms with Gasteiger partial charge in [0.2, 0.25) is 12.3 Å². The van der Waals surface area contributed by atoms with Crippen molar-refractivity contribution in [3.8, 4) is 0 Å². The van der Waals surface area contributed by atoms with Gasteiger partial charge in [0.15, 0.2) is 0 Å². The van der Waals surface area contributed by atoms with Crippen molar-refractivity contribution in [3.63, 3.8) is 0 Å². The molecule has 1 heterocycles. The third-order valence-corrected chi connectivity index (χ3v) is 2.08. The Labute approximate surface area is 83.2 Å². The van der Waals surface area contributed by atoms with Gasteiger partial charge in [-0.3, -0.25) is 9.59 Å². The van der Waals surface area contributed by atoms with Gasteiger partial charge in [-0.05, 0) is 6.42 Å². The van der Waals surface area contributed by atoms with Crippen molar-refractivity contribution in [1.29, 1.82) is 0 Å². The molecule has 0 aromatic rings. The van der Waals surface area contributed by atoms with Crippen LogP contribution in [0.5, 0.6) is 0 Å². The molecule has 0 spiro atoms. The largest absolute Gasteiger partial charge is 0.381 e. The number of amides is 2. The standard InChI is InChI=1S/C9H16N2O3/c12-7-10-2-1-3-11-9(13)4-8-5-14-6-8/h7-8H,1-6H2,(H,10,12)(H,11,13). The Morgan fingerprint density at radius 1 is 1.43 bits per heavy atom. The van der Waals surface area contributed by atoms with Gasteiger partial charge in [-0.15, -0.1) is 0 Å². The maximum atomic E-state index is 11.2. The number of nitrogens with one attached hydrogen (secondary N) is 2.